The zero-order valence-corrected chi connectivity index (χ0v) is 14.4. The van der Waals surface area contributed by atoms with Crippen molar-refractivity contribution in [3.8, 4) is 0 Å². The number of guanidine groups is 1. The van der Waals surface area contributed by atoms with Crippen molar-refractivity contribution in [1.29, 1.82) is 0 Å². The van der Waals surface area contributed by atoms with Crippen LogP contribution in [0.5, 0.6) is 0 Å². The van der Waals surface area contributed by atoms with Crippen LogP contribution in [0.15, 0.2) is 53.5 Å². The molecule has 0 aliphatic carbocycles. The molecule has 0 spiro atoms. The zero-order valence-electron chi connectivity index (χ0n) is 14.4. The molecule has 0 aromatic heterocycles. The first-order valence-electron chi connectivity index (χ1n) is 7.86. The van der Waals surface area contributed by atoms with Crippen LogP contribution in [0.3, 0.4) is 0 Å². The minimum absolute atomic E-state index is 0.419. The second-order valence-corrected chi connectivity index (χ2v) is 5.75. The summed E-state index contributed by atoms with van der Waals surface area (Å²) in [6, 6.07) is 15.6. The lowest BCUT2D eigenvalue weighted by Crippen LogP contribution is -2.38. The van der Waals surface area contributed by atoms with Crippen molar-refractivity contribution in [2.24, 2.45) is 10.7 Å². The molecule has 24 heavy (non-hydrogen) atoms. The van der Waals surface area contributed by atoms with Crippen LogP contribution < -0.4 is 11.1 Å². The van der Waals surface area contributed by atoms with Crippen molar-refractivity contribution < 1.29 is 4.79 Å². The van der Waals surface area contributed by atoms with E-state index in [1.807, 2.05) is 31.3 Å². The summed E-state index contributed by atoms with van der Waals surface area (Å²) in [6.07, 6.45) is 0. The number of amides is 1. The third-order valence-electron chi connectivity index (χ3n) is 3.90. The molecule has 126 valence electrons. The van der Waals surface area contributed by atoms with Crippen molar-refractivity contribution in [2.45, 2.75) is 20.0 Å². The number of hydrogen-bond donors (Lipinski definition) is 2. The minimum Gasteiger partial charge on any atom is -0.366 e. The van der Waals surface area contributed by atoms with Gasteiger partial charge in [0.2, 0.25) is 5.91 Å². The molecule has 0 saturated heterocycles. The first-order valence-corrected chi connectivity index (χ1v) is 7.86. The van der Waals surface area contributed by atoms with Crippen molar-refractivity contribution in [1.82, 2.24) is 10.2 Å². The summed E-state index contributed by atoms with van der Waals surface area (Å²) in [5, 5.41) is 3.32. The Morgan fingerprint density at radius 1 is 1.21 bits per heavy atom. The van der Waals surface area contributed by atoms with Crippen LogP contribution in [-0.2, 0) is 13.1 Å². The lowest BCUT2D eigenvalue weighted by atomic mass is 10.1. The van der Waals surface area contributed by atoms with E-state index < -0.39 is 5.91 Å². The van der Waals surface area contributed by atoms with E-state index in [-0.39, 0.29) is 0 Å². The van der Waals surface area contributed by atoms with E-state index in [0.717, 1.165) is 18.1 Å². The SMILES string of the molecule is CN=C(NCc1cccc(C(N)=O)c1)N(C)Cc1ccccc1C. The van der Waals surface area contributed by atoms with Crippen LogP contribution in [-0.4, -0.2) is 30.9 Å². The zero-order chi connectivity index (χ0) is 17.5. The lowest BCUT2D eigenvalue weighted by Gasteiger charge is -2.23. The summed E-state index contributed by atoms with van der Waals surface area (Å²) >= 11 is 0. The molecule has 0 radical (unpaired) electrons. The van der Waals surface area contributed by atoms with Crippen LogP contribution in [0.1, 0.15) is 27.0 Å². The molecule has 0 atom stereocenters. The monoisotopic (exact) mass is 324 g/mol. The fraction of sp³-hybridized carbons (Fsp3) is 0.263. The molecular weight excluding hydrogens is 300 g/mol. The number of nitrogens with zero attached hydrogens (tertiary/aromatic N) is 2. The Balaban J connectivity index is 2.00. The maximum atomic E-state index is 11.3. The fourth-order valence-corrected chi connectivity index (χ4v) is 2.52. The molecule has 3 N–H and O–H groups in total. The standard InChI is InChI=1S/C19H24N4O/c1-14-7-4-5-9-17(14)13-23(3)19(21-2)22-12-15-8-6-10-16(11-15)18(20)24/h4-11H,12-13H2,1-3H3,(H2,20,24)(H,21,22). The largest absolute Gasteiger partial charge is 0.366 e. The van der Waals surface area contributed by atoms with E-state index in [2.05, 4.69) is 34.3 Å². The van der Waals surface area contributed by atoms with Gasteiger partial charge in [0, 0.05) is 32.7 Å². The van der Waals surface area contributed by atoms with Gasteiger partial charge < -0.3 is 16.0 Å². The molecule has 5 heteroatoms. The number of aliphatic imine (C=N–C) groups is 1. The predicted molar refractivity (Wildman–Crippen MR) is 97.8 cm³/mol. The molecule has 0 bridgehead atoms. The number of primary amides is 1. The molecule has 0 aliphatic heterocycles. The molecule has 0 unspecified atom stereocenters. The summed E-state index contributed by atoms with van der Waals surface area (Å²) in [5.74, 6) is 0.376. The van der Waals surface area contributed by atoms with Gasteiger partial charge in [0.05, 0.1) is 0 Å². The quantitative estimate of drug-likeness (QED) is 0.655. The summed E-state index contributed by atoms with van der Waals surface area (Å²) in [5.41, 5.74) is 9.34. The average Bonchev–Trinajstić information content (AvgIpc) is 2.57. The summed E-state index contributed by atoms with van der Waals surface area (Å²) in [4.78, 5) is 17.7. The van der Waals surface area contributed by atoms with Gasteiger partial charge in [-0.3, -0.25) is 9.79 Å². The number of nitrogens with one attached hydrogen (secondary N) is 1. The molecule has 0 heterocycles. The molecule has 1 amide bonds. The van der Waals surface area contributed by atoms with Crippen LogP contribution in [0.25, 0.3) is 0 Å². The summed E-state index contributed by atoms with van der Waals surface area (Å²) in [7, 11) is 3.76. The highest BCUT2D eigenvalue weighted by Gasteiger charge is 2.08. The van der Waals surface area contributed by atoms with Gasteiger partial charge in [-0.1, -0.05) is 36.4 Å². The molecular formula is C19H24N4O. The third kappa shape index (κ3) is 4.59. The van der Waals surface area contributed by atoms with Crippen LogP contribution >= 0.6 is 0 Å². The lowest BCUT2D eigenvalue weighted by molar-refractivity contribution is 0.1000. The third-order valence-corrected chi connectivity index (χ3v) is 3.90. The first-order chi connectivity index (χ1) is 11.5. The number of aryl methyl sites for hydroxylation is 1. The topological polar surface area (TPSA) is 70.7 Å². The van der Waals surface area contributed by atoms with Gasteiger partial charge in [-0.05, 0) is 35.7 Å². The molecule has 0 aliphatic rings. The van der Waals surface area contributed by atoms with Gasteiger partial charge in [-0.2, -0.15) is 0 Å². The number of hydrogen-bond acceptors (Lipinski definition) is 2. The maximum absolute atomic E-state index is 11.3. The van der Waals surface area contributed by atoms with Crippen molar-refractivity contribution in [3.05, 3.63) is 70.8 Å². The molecule has 0 saturated carbocycles. The second kappa shape index (κ2) is 8.15. The smallest absolute Gasteiger partial charge is 0.248 e. The molecule has 2 aromatic carbocycles. The Labute approximate surface area is 143 Å². The Morgan fingerprint density at radius 3 is 2.62 bits per heavy atom. The molecule has 0 fully saturated rings. The van der Waals surface area contributed by atoms with E-state index in [0.29, 0.717) is 12.1 Å². The number of carbonyl (C=O) groups is 1. The van der Waals surface area contributed by atoms with Gasteiger partial charge in [-0.25, -0.2) is 0 Å². The summed E-state index contributed by atoms with van der Waals surface area (Å²) < 4.78 is 0. The van der Waals surface area contributed by atoms with Crippen molar-refractivity contribution in [2.75, 3.05) is 14.1 Å². The van der Waals surface area contributed by atoms with E-state index in [9.17, 15) is 4.79 Å². The van der Waals surface area contributed by atoms with Crippen molar-refractivity contribution in [3.63, 3.8) is 0 Å². The number of rotatable bonds is 5. The Kier molecular flexibility index (Phi) is 5.95. The predicted octanol–water partition coefficient (Wildman–Crippen LogP) is 2.30. The molecule has 2 rings (SSSR count). The highest BCUT2D eigenvalue weighted by Crippen LogP contribution is 2.10. The molecule has 5 nitrogen and oxygen atoms in total. The normalized spacial score (nSPS) is 11.2. The summed E-state index contributed by atoms with van der Waals surface area (Å²) in [6.45, 7) is 3.45. The first kappa shape index (κ1) is 17.5. The Bertz CT molecular complexity index is 740. The van der Waals surface area contributed by atoms with Gasteiger partial charge in [0.15, 0.2) is 5.96 Å². The minimum atomic E-state index is -0.419. The van der Waals surface area contributed by atoms with Gasteiger partial charge in [0.25, 0.3) is 0 Å². The second-order valence-electron chi connectivity index (χ2n) is 5.75. The number of nitrogens with two attached hydrogens (primary N) is 1. The van der Waals surface area contributed by atoms with Gasteiger partial charge in [-0.15, -0.1) is 0 Å². The van der Waals surface area contributed by atoms with Crippen LogP contribution in [0, 0.1) is 6.92 Å². The highest BCUT2D eigenvalue weighted by atomic mass is 16.1. The highest BCUT2D eigenvalue weighted by molar-refractivity contribution is 5.92. The van der Waals surface area contributed by atoms with E-state index >= 15 is 0 Å². The molecule has 2 aromatic rings. The van der Waals surface area contributed by atoms with Gasteiger partial charge in [0.1, 0.15) is 0 Å². The average molecular weight is 324 g/mol. The number of carbonyl (C=O) groups excluding carboxylic acids is 1. The van der Waals surface area contributed by atoms with E-state index in [1.165, 1.54) is 11.1 Å². The van der Waals surface area contributed by atoms with E-state index in [1.54, 1.807) is 19.2 Å². The van der Waals surface area contributed by atoms with Crippen molar-refractivity contribution >= 4 is 11.9 Å². The maximum Gasteiger partial charge on any atom is 0.248 e. The van der Waals surface area contributed by atoms with Crippen LogP contribution in [0.2, 0.25) is 0 Å². The Morgan fingerprint density at radius 2 is 1.96 bits per heavy atom. The fourth-order valence-electron chi connectivity index (χ4n) is 2.52. The van der Waals surface area contributed by atoms with E-state index in [4.69, 9.17) is 5.73 Å². The van der Waals surface area contributed by atoms with Crippen LogP contribution in [0.4, 0.5) is 0 Å². The Hall–Kier alpha value is -2.82. The number of benzene rings is 2. The van der Waals surface area contributed by atoms with Gasteiger partial charge >= 0.3 is 0 Å².